The van der Waals surface area contributed by atoms with Crippen molar-refractivity contribution in [2.45, 2.75) is 64.5 Å². The molecule has 2 fully saturated rings. The maximum atomic E-state index is 5.54. The maximum absolute atomic E-state index is 5.54. The average molecular weight is 240 g/mol. The second-order valence-electron chi connectivity index (χ2n) is 5.60. The predicted molar refractivity (Wildman–Crippen MR) is 72.6 cm³/mol. The van der Waals surface area contributed by atoms with Gasteiger partial charge in [0.25, 0.3) is 0 Å². The lowest BCUT2D eigenvalue weighted by Crippen LogP contribution is -2.50. The zero-order valence-electron chi connectivity index (χ0n) is 10.5. The summed E-state index contributed by atoms with van der Waals surface area (Å²) in [6, 6.07) is 1.27. The minimum atomic E-state index is 0.616. The van der Waals surface area contributed by atoms with Gasteiger partial charge in [-0.3, -0.25) is 0 Å². The van der Waals surface area contributed by atoms with Crippen LogP contribution in [0, 0.1) is 5.92 Å². The Bertz CT molecular complexity index is 248. The molecule has 2 rings (SSSR count). The maximum Gasteiger partial charge on any atom is 0.169 e. The van der Waals surface area contributed by atoms with Gasteiger partial charge in [-0.25, -0.2) is 0 Å². The highest BCUT2D eigenvalue weighted by atomic mass is 32.1. The van der Waals surface area contributed by atoms with Crippen molar-refractivity contribution in [2.24, 2.45) is 5.92 Å². The van der Waals surface area contributed by atoms with Crippen molar-refractivity contribution in [1.82, 2.24) is 10.2 Å². The van der Waals surface area contributed by atoms with E-state index >= 15 is 0 Å². The monoisotopic (exact) mass is 240 g/mol. The number of likely N-dealkylation sites (tertiary alicyclic amines) is 1. The zero-order valence-corrected chi connectivity index (χ0v) is 11.4. The average Bonchev–Trinajstić information content (AvgIpc) is 2.70. The van der Waals surface area contributed by atoms with E-state index in [1.54, 1.807) is 0 Å². The fourth-order valence-corrected chi connectivity index (χ4v) is 3.47. The Morgan fingerprint density at radius 3 is 2.50 bits per heavy atom. The van der Waals surface area contributed by atoms with E-state index in [2.05, 4.69) is 24.1 Å². The summed E-state index contributed by atoms with van der Waals surface area (Å²) >= 11 is 5.54. The number of hydrogen-bond donors (Lipinski definition) is 1. The Kier molecular flexibility index (Phi) is 4.06. The molecular weight excluding hydrogens is 216 g/mol. The summed E-state index contributed by atoms with van der Waals surface area (Å²) < 4.78 is 0. The van der Waals surface area contributed by atoms with E-state index in [0.717, 1.165) is 17.6 Å². The van der Waals surface area contributed by atoms with Gasteiger partial charge < -0.3 is 10.2 Å². The quantitative estimate of drug-likeness (QED) is 0.710. The first-order valence-corrected chi connectivity index (χ1v) is 7.15. The summed E-state index contributed by atoms with van der Waals surface area (Å²) in [4.78, 5) is 2.40. The van der Waals surface area contributed by atoms with Crippen LogP contribution in [0.25, 0.3) is 0 Å². The molecule has 1 heterocycles. The van der Waals surface area contributed by atoms with E-state index in [0.29, 0.717) is 12.1 Å². The van der Waals surface area contributed by atoms with Gasteiger partial charge >= 0.3 is 0 Å². The van der Waals surface area contributed by atoms with E-state index in [9.17, 15) is 0 Å². The van der Waals surface area contributed by atoms with Crippen LogP contribution in [0.15, 0.2) is 0 Å². The Balaban J connectivity index is 1.83. The summed E-state index contributed by atoms with van der Waals surface area (Å²) in [7, 11) is 0. The molecule has 1 saturated heterocycles. The molecule has 3 heteroatoms. The Labute approximate surface area is 105 Å². The van der Waals surface area contributed by atoms with Gasteiger partial charge in [-0.2, -0.15) is 0 Å². The van der Waals surface area contributed by atoms with Crippen LogP contribution in [-0.4, -0.2) is 28.6 Å². The molecule has 1 saturated carbocycles. The van der Waals surface area contributed by atoms with Crippen molar-refractivity contribution in [2.75, 3.05) is 6.54 Å². The van der Waals surface area contributed by atoms with Gasteiger partial charge in [0.2, 0.25) is 0 Å². The molecule has 1 N–H and O–H groups in total. The predicted octanol–water partition coefficient (Wildman–Crippen LogP) is 2.92. The molecule has 2 atom stereocenters. The van der Waals surface area contributed by atoms with Crippen molar-refractivity contribution in [1.29, 1.82) is 0 Å². The molecule has 16 heavy (non-hydrogen) atoms. The summed E-state index contributed by atoms with van der Waals surface area (Å²) in [6.07, 6.45) is 7.92. The summed E-state index contributed by atoms with van der Waals surface area (Å²) in [5, 5.41) is 4.56. The van der Waals surface area contributed by atoms with Crippen LogP contribution >= 0.6 is 12.2 Å². The molecule has 0 amide bonds. The van der Waals surface area contributed by atoms with Crippen molar-refractivity contribution in [3.8, 4) is 0 Å². The molecule has 2 aliphatic rings. The molecule has 0 spiro atoms. The third kappa shape index (κ3) is 2.88. The van der Waals surface area contributed by atoms with E-state index in [1.165, 1.54) is 38.5 Å². The number of thiocarbonyl (C=S) groups is 1. The molecular formula is C13H24N2S. The molecule has 2 unspecified atom stereocenters. The van der Waals surface area contributed by atoms with Crippen LogP contribution in [0.4, 0.5) is 0 Å². The third-order valence-electron chi connectivity index (χ3n) is 4.08. The molecule has 0 aromatic carbocycles. The number of piperidine rings is 1. The normalized spacial score (nSPS) is 31.8. The third-order valence-corrected chi connectivity index (χ3v) is 4.43. The lowest BCUT2D eigenvalue weighted by Gasteiger charge is -2.39. The Hall–Kier alpha value is -0.310. The van der Waals surface area contributed by atoms with Gasteiger partial charge in [-0.05, 0) is 50.7 Å². The summed E-state index contributed by atoms with van der Waals surface area (Å²) in [5.74, 6) is 0.862. The number of rotatable bonds is 1. The lowest BCUT2D eigenvalue weighted by atomic mass is 9.94. The molecule has 1 aliphatic carbocycles. The van der Waals surface area contributed by atoms with Crippen molar-refractivity contribution in [3.63, 3.8) is 0 Å². The molecule has 92 valence electrons. The van der Waals surface area contributed by atoms with Crippen molar-refractivity contribution >= 4 is 17.3 Å². The topological polar surface area (TPSA) is 15.3 Å². The Morgan fingerprint density at radius 1 is 1.19 bits per heavy atom. The van der Waals surface area contributed by atoms with Crippen molar-refractivity contribution in [3.05, 3.63) is 0 Å². The van der Waals surface area contributed by atoms with Crippen LogP contribution in [0.5, 0.6) is 0 Å². The summed E-state index contributed by atoms with van der Waals surface area (Å²) in [5.41, 5.74) is 0. The molecule has 0 aromatic heterocycles. The Morgan fingerprint density at radius 2 is 1.88 bits per heavy atom. The van der Waals surface area contributed by atoms with Gasteiger partial charge in [-0.1, -0.05) is 19.8 Å². The zero-order chi connectivity index (χ0) is 11.5. The number of hydrogen-bond acceptors (Lipinski definition) is 1. The van der Waals surface area contributed by atoms with Crippen molar-refractivity contribution < 1.29 is 0 Å². The highest BCUT2D eigenvalue weighted by Gasteiger charge is 2.26. The van der Waals surface area contributed by atoms with E-state index in [-0.39, 0.29) is 0 Å². The van der Waals surface area contributed by atoms with Gasteiger partial charge in [0.1, 0.15) is 0 Å². The summed E-state index contributed by atoms with van der Waals surface area (Å²) in [6.45, 7) is 5.79. The fourth-order valence-electron chi connectivity index (χ4n) is 3.04. The molecule has 0 aromatic rings. The number of nitrogens with one attached hydrogen (secondary N) is 1. The molecule has 1 aliphatic heterocycles. The van der Waals surface area contributed by atoms with Gasteiger partial charge in [0.15, 0.2) is 5.11 Å². The van der Waals surface area contributed by atoms with Gasteiger partial charge in [-0.15, -0.1) is 0 Å². The van der Waals surface area contributed by atoms with E-state index in [4.69, 9.17) is 12.2 Å². The van der Waals surface area contributed by atoms with Crippen LogP contribution < -0.4 is 5.32 Å². The second kappa shape index (κ2) is 5.35. The van der Waals surface area contributed by atoms with Gasteiger partial charge in [0.05, 0.1) is 0 Å². The first-order valence-electron chi connectivity index (χ1n) is 6.74. The molecule has 0 radical (unpaired) electrons. The van der Waals surface area contributed by atoms with Crippen LogP contribution in [0.1, 0.15) is 52.4 Å². The minimum absolute atomic E-state index is 0.616. The lowest BCUT2D eigenvalue weighted by molar-refractivity contribution is 0.206. The van der Waals surface area contributed by atoms with E-state index < -0.39 is 0 Å². The second-order valence-corrected chi connectivity index (χ2v) is 5.99. The molecule has 2 nitrogen and oxygen atoms in total. The SMILES string of the molecule is CC1CCN(C(=S)NC2CCCC2)C(C)C1. The van der Waals surface area contributed by atoms with E-state index in [1.807, 2.05) is 0 Å². The highest BCUT2D eigenvalue weighted by molar-refractivity contribution is 7.80. The first-order chi connectivity index (χ1) is 7.66. The largest absolute Gasteiger partial charge is 0.360 e. The first kappa shape index (κ1) is 12.2. The number of nitrogens with zero attached hydrogens (tertiary/aromatic N) is 1. The van der Waals surface area contributed by atoms with Crippen LogP contribution in [0.3, 0.4) is 0 Å². The molecule has 0 bridgehead atoms. The smallest absolute Gasteiger partial charge is 0.169 e. The standard InChI is InChI=1S/C13H24N2S/c1-10-7-8-15(11(2)9-10)13(16)14-12-5-3-4-6-12/h10-12H,3-9H2,1-2H3,(H,14,16). The van der Waals surface area contributed by atoms with Crippen LogP contribution in [-0.2, 0) is 0 Å². The minimum Gasteiger partial charge on any atom is -0.360 e. The fraction of sp³-hybridized carbons (Fsp3) is 0.923. The van der Waals surface area contributed by atoms with Gasteiger partial charge in [0, 0.05) is 18.6 Å². The highest BCUT2D eigenvalue weighted by Crippen LogP contribution is 2.23. The van der Waals surface area contributed by atoms with Crippen LogP contribution in [0.2, 0.25) is 0 Å².